The Morgan fingerprint density at radius 2 is 1.29 bits per heavy atom. The summed E-state index contributed by atoms with van der Waals surface area (Å²) in [7, 11) is 0. The Labute approximate surface area is 202 Å². The lowest BCUT2D eigenvalue weighted by Gasteiger charge is -2.32. The van der Waals surface area contributed by atoms with Crippen molar-refractivity contribution < 1.29 is 19.8 Å². The highest BCUT2D eigenvalue weighted by Crippen LogP contribution is 2.47. The number of aryl methyl sites for hydroxylation is 1. The normalized spacial score (nSPS) is 11.6. The number of carboxylic acid groups (broad SMARTS) is 2. The molecule has 34 heavy (non-hydrogen) atoms. The van der Waals surface area contributed by atoms with Gasteiger partial charge in [0.05, 0.1) is 11.1 Å². The number of benzene rings is 3. The fourth-order valence-electron chi connectivity index (χ4n) is 4.80. The van der Waals surface area contributed by atoms with E-state index >= 15 is 0 Å². The first-order valence-electron chi connectivity index (χ1n) is 11.8. The van der Waals surface area contributed by atoms with Gasteiger partial charge in [-0.15, -0.1) is 0 Å². The molecule has 0 bridgehead atoms. The smallest absolute Gasteiger partial charge is 0.336 e. The van der Waals surface area contributed by atoms with Gasteiger partial charge in [-0.1, -0.05) is 90.4 Å². The summed E-state index contributed by atoms with van der Waals surface area (Å²) < 4.78 is 0. The van der Waals surface area contributed by atoms with Crippen molar-refractivity contribution in [1.29, 1.82) is 0 Å². The monoisotopic (exact) mass is 458 g/mol. The van der Waals surface area contributed by atoms with Crippen LogP contribution in [-0.4, -0.2) is 22.2 Å². The van der Waals surface area contributed by atoms with E-state index in [9.17, 15) is 19.8 Å². The molecule has 3 aromatic rings. The van der Waals surface area contributed by atoms with E-state index in [0.29, 0.717) is 11.1 Å². The first kappa shape index (κ1) is 25.2. The van der Waals surface area contributed by atoms with Crippen LogP contribution in [0.15, 0.2) is 54.6 Å². The zero-order valence-corrected chi connectivity index (χ0v) is 20.9. The van der Waals surface area contributed by atoms with Crippen LogP contribution in [0, 0.1) is 0 Å². The lowest BCUT2D eigenvalue weighted by atomic mass is 9.72. The summed E-state index contributed by atoms with van der Waals surface area (Å²) in [6.07, 6.45) is 1.64. The van der Waals surface area contributed by atoms with Crippen molar-refractivity contribution in [1.82, 2.24) is 0 Å². The quantitative estimate of drug-likeness (QED) is 0.379. The minimum atomic E-state index is -0.999. The molecule has 0 aromatic heterocycles. The molecule has 0 saturated heterocycles. The van der Waals surface area contributed by atoms with Crippen molar-refractivity contribution in [3.8, 4) is 22.3 Å². The van der Waals surface area contributed by atoms with Crippen LogP contribution in [0.25, 0.3) is 22.3 Å². The van der Waals surface area contributed by atoms with Crippen molar-refractivity contribution >= 4 is 11.9 Å². The zero-order valence-electron chi connectivity index (χ0n) is 20.9. The van der Waals surface area contributed by atoms with E-state index in [0.717, 1.165) is 40.7 Å². The van der Waals surface area contributed by atoms with Gasteiger partial charge in [-0.2, -0.15) is 0 Å². The average Bonchev–Trinajstić information content (AvgIpc) is 2.77. The van der Waals surface area contributed by atoms with Crippen molar-refractivity contribution in [3.63, 3.8) is 0 Å². The van der Waals surface area contributed by atoms with Gasteiger partial charge in [0.1, 0.15) is 0 Å². The van der Waals surface area contributed by atoms with Gasteiger partial charge < -0.3 is 10.2 Å². The molecule has 3 aromatic carbocycles. The maximum absolute atomic E-state index is 12.3. The fraction of sp³-hybridized carbons (Fsp3) is 0.333. The zero-order chi connectivity index (χ0) is 25.2. The summed E-state index contributed by atoms with van der Waals surface area (Å²) in [5.74, 6) is -1.90. The third-order valence-electron chi connectivity index (χ3n) is 6.21. The molecule has 0 unspecified atom stereocenters. The minimum Gasteiger partial charge on any atom is -0.478 e. The van der Waals surface area contributed by atoms with Crippen molar-refractivity contribution in [3.05, 3.63) is 82.4 Å². The highest BCUT2D eigenvalue weighted by Gasteiger charge is 2.30. The largest absolute Gasteiger partial charge is 0.478 e. The van der Waals surface area contributed by atoms with Gasteiger partial charge in [0.2, 0.25) is 0 Å². The van der Waals surface area contributed by atoms with E-state index in [1.165, 1.54) is 0 Å². The van der Waals surface area contributed by atoms with Gasteiger partial charge in [-0.05, 0) is 68.8 Å². The average molecular weight is 459 g/mol. The summed E-state index contributed by atoms with van der Waals surface area (Å²) in [6, 6.07) is 16.3. The number of hydrogen-bond acceptors (Lipinski definition) is 2. The standard InChI is InChI=1S/C30H34O4/c1-7-12-19-17-24(30(4,5)6)25(18(2)3)27(21-14-9-11-16-23(21)29(33)34)26(19)20-13-8-10-15-22(20)28(31)32/h8-11,13-18H,7,12H2,1-6H3,(H,31,32)(H,33,34). The minimum absolute atomic E-state index is 0.0949. The third kappa shape index (κ3) is 4.77. The van der Waals surface area contributed by atoms with E-state index in [-0.39, 0.29) is 22.5 Å². The maximum Gasteiger partial charge on any atom is 0.336 e. The molecule has 0 heterocycles. The molecule has 0 aliphatic heterocycles. The number of carbonyl (C=O) groups is 2. The Morgan fingerprint density at radius 1 is 0.824 bits per heavy atom. The van der Waals surface area contributed by atoms with Crippen LogP contribution in [0.3, 0.4) is 0 Å². The molecule has 3 rings (SSSR count). The Balaban J connectivity index is 2.68. The van der Waals surface area contributed by atoms with Gasteiger partial charge in [0.15, 0.2) is 0 Å². The Hall–Kier alpha value is -3.40. The Kier molecular flexibility index (Phi) is 7.30. The third-order valence-corrected chi connectivity index (χ3v) is 6.21. The second kappa shape index (κ2) is 9.84. The lowest BCUT2D eigenvalue weighted by Crippen LogP contribution is -2.18. The predicted octanol–water partition coefficient (Wildman–Crippen LogP) is 7.79. The number of carboxylic acids is 2. The Morgan fingerprint density at radius 3 is 1.71 bits per heavy atom. The molecule has 0 aliphatic rings. The lowest BCUT2D eigenvalue weighted by molar-refractivity contribution is 0.0686. The highest BCUT2D eigenvalue weighted by molar-refractivity contribution is 6.04. The number of rotatable bonds is 7. The van der Waals surface area contributed by atoms with Crippen molar-refractivity contribution in [2.75, 3.05) is 0 Å². The van der Waals surface area contributed by atoms with E-state index < -0.39 is 11.9 Å². The summed E-state index contributed by atoms with van der Waals surface area (Å²) in [6.45, 7) is 12.8. The summed E-state index contributed by atoms with van der Waals surface area (Å²) in [5, 5.41) is 20.1. The molecule has 0 saturated carbocycles. The first-order chi connectivity index (χ1) is 16.0. The van der Waals surface area contributed by atoms with E-state index in [1.807, 2.05) is 24.3 Å². The first-order valence-corrected chi connectivity index (χ1v) is 11.8. The number of hydrogen-bond donors (Lipinski definition) is 2. The summed E-state index contributed by atoms with van der Waals surface area (Å²) in [5.41, 5.74) is 6.42. The second-order valence-corrected chi connectivity index (χ2v) is 10.1. The molecule has 2 N–H and O–H groups in total. The van der Waals surface area contributed by atoms with Crippen LogP contribution < -0.4 is 0 Å². The molecule has 0 atom stereocenters. The topological polar surface area (TPSA) is 74.6 Å². The van der Waals surface area contributed by atoms with Crippen molar-refractivity contribution in [2.24, 2.45) is 0 Å². The van der Waals surface area contributed by atoms with E-state index in [2.05, 4.69) is 47.6 Å². The molecule has 0 spiro atoms. The molecular weight excluding hydrogens is 424 g/mol. The Bertz CT molecular complexity index is 1230. The van der Waals surface area contributed by atoms with Crippen LogP contribution in [-0.2, 0) is 11.8 Å². The van der Waals surface area contributed by atoms with E-state index in [1.54, 1.807) is 24.3 Å². The van der Waals surface area contributed by atoms with Crippen LogP contribution in [0.1, 0.15) is 91.3 Å². The highest BCUT2D eigenvalue weighted by atomic mass is 16.4. The summed E-state index contributed by atoms with van der Waals surface area (Å²) >= 11 is 0. The van der Waals surface area contributed by atoms with Crippen LogP contribution >= 0.6 is 0 Å². The van der Waals surface area contributed by atoms with Crippen LogP contribution in [0.4, 0.5) is 0 Å². The molecule has 4 nitrogen and oxygen atoms in total. The SMILES string of the molecule is CCCc1cc(C(C)(C)C)c(C(C)C)c(-c2ccccc2C(=O)O)c1-c1ccccc1C(=O)O. The molecule has 0 radical (unpaired) electrons. The second-order valence-electron chi connectivity index (χ2n) is 10.1. The van der Waals surface area contributed by atoms with E-state index in [4.69, 9.17) is 0 Å². The van der Waals surface area contributed by atoms with Crippen molar-refractivity contribution in [2.45, 2.75) is 65.7 Å². The molecule has 4 heteroatoms. The number of aromatic carboxylic acids is 2. The van der Waals surface area contributed by atoms with Gasteiger partial charge in [-0.25, -0.2) is 9.59 Å². The van der Waals surface area contributed by atoms with Gasteiger partial charge in [-0.3, -0.25) is 0 Å². The van der Waals surface area contributed by atoms with Crippen LogP contribution in [0.2, 0.25) is 0 Å². The predicted molar refractivity (Wildman–Crippen MR) is 138 cm³/mol. The fourth-order valence-corrected chi connectivity index (χ4v) is 4.80. The van der Waals surface area contributed by atoms with Gasteiger partial charge in [0.25, 0.3) is 0 Å². The molecule has 178 valence electrons. The maximum atomic E-state index is 12.3. The van der Waals surface area contributed by atoms with Crippen LogP contribution in [0.5, 0.6) is 0 Å². The van der Waals surface area contributed by atoms with Gasteiger partial charge >= 0.3 is 11.9 Å². The molecule has 0 amide bonds. The molecule has 0 fully saturated rings. The molecule has 0 aliphatic carbocycles. The summed E-state index contributed by atoms with van der Waals surface area (Å²) in [4.78, 5) is 24.5. The molecular formula is C30H34O4. The van der Waals surface area contributed by atoms with Gasteiger partial charge in [0, 0.05) is 0 Å².